The average Bonchev–Trinajstić information content (AvgIpc) is 2.98. The number of ether oxygens (including phenoxy) is 1. The lowest BCUT2D eigenvalue weighted by atomic mass is 10.1. The Morgan fingerprint density at radius 2 is 2.11 bits per heavy atom. The molecular weight excluding hydrogens is 398 g/mol. The predicted molar refractivity (Wildman–Crippen MR) is 115 cm³/mol. The van der Waals surface area contributed by atoms with Crippen LogP contribution < -0.4 is 10.6 Å². The van der Waals surface area contributed by atoms with Gasteiger partial charge in [0.05, 0.1) is 12.2 Å². The van der Waals surface area contributed by atoms with E-state index in [1.165, 1.54) is 0 Å². The Morgan fingerprint density at radius 3 is 2.79 bits per heavy atom. The number of fused-ring (bicyclic) bond motifs is 1. The second-order valence-electron chi connectivity index (χ2n) is 7.72. The Bertz CT molecular complexity index is 906. The lowest BCUT2D eigenvalue weighted by Crippen LogP contribution is -2.40. The molecule has 1 amide bonds. The molecule has 7 nitrogen and oxygen atoms in total. The van der Waals surface area contributed by atoms with E-state index in [0.717, 1.165) is 22.5 Å². The SMILES string of the molecule is Cc1cc(Cl)ccc1NC(=S)Nc1n[nH]c2c1CCN(C(=O)OC(C)(C)C)C2. The van der Waals surface area contributed by atoms with Crippen molar-refractivity contribution in [3.63, 3.8) is 0 Å². The second kappa shape index (κ2) is 7.97. The number of H-pyrrole nitrogens is 1. The molecule has 0 saturated heterocycles. The summed E-state index contributed by atoms with van der Waals surface area (Å²) in [6.07, 6.45) is 0.341. The number of amides is 1. The van der Waals surface area contributed by atoms with Crippen LogP contribution in [0.1, 0.15) is 37.6 Å². The molecular formula is C19H24ClN5O2S. The molecule has 1 aliphatic heterocycles. The number of carbonyl (C=O) groups excluding carboxylic acids is 1. The van der Waals surface area contributed by atoms with Crippen LogP contribution in [0.3, 0.4) is 0 Å². The lowest BCUT2D eigenvalue weighted by Gasteiger charge is -2.29. The predicted octanol–water partition coefficient (Wildman–Crippen LogP) is 4.47. The van der Waals surface area contributed by atoms with Gasteiger partial charge in [-0.3, -0.25) is 5.10 Å². The minimum Gasteiger partial charge on any atom is -0.444 e. The topological polar surface area (TPSA) is 82.3 Å². The largest absolute Gasteiger partial charge is 0.444 e. The van der Waals surface area contributed by atoms with E-state index in [2.05, 4.69) is 20.8 Å². The summed E-state index contributed by atoms with van der Waals surface area (Å²) in [6, 6.07) is 5.56. The van der Waals surface area contributed by atoms with Crippen molar-refractivity contribution in [1.29, 1.82) is 0 Å². The lowest BCUT2D eigenvalue weighted by molar-refractivity contribution is 0.0221. The summed E-state index contributed by atoms with van der Waals surface area (Å²) >= 11 is 11.4. The maximum absolute atomic E-state index is 12.3. The van der Waals surface area contributed by atoms with Gasteiger partial charge in [0.2, 0.25) is 0 Å². The molecule has 0 unspecified atom stereocenters. The normalized spacial score (nSPS) is 13.7. The summed E-state index contributed by atoms with van der Waals surface area (Å²) in [5.74, 6) is 0.669. The molecule has 28 heavy (non-hydrogen) atoms. The van der Waals surface area contributed by atoms with Crippen molar-refractivity contribution in [1.82, 2.24) is 15.1 Å². The number of rotatable bonds is 2. The first-order valence-electron chi connectivity index (χ1n) is 9.00. The molecule has 0 saturated carbocycles. The summed E-state index contributed by atoms with van der Waals surface area (Å²) in [4.78, 5) is 14.0. The molecule has 3 N–H and O–H groups in total. The molecule has 0 fully saturated rings. The van der Waals surface area contributed by atoms with Crippen molar-refractivity contribution in [2.24, 2.45) is 0 Å². The Morgan fingerprint density at radius 1 is 1.36 bits per heavy atom. The molecule has 2 aromatic rings. The summed E-state index contributed by atoms with van der Waals surface area (Å²) in [5, 5.41) is 14.7. The van der Waals surface area contributed by atoms with Crippen LogP contribution in [0.5, 0.6) is 0 Å². The Labute approximate surface area is 174 Å². The summed E-state index contributed by atoms with van der Waals surface area (Å²) in [7, 11) is 0. The van der Waals surface area contributed by atoms with Gasteiger partial charge in [-0.1, -0.05) is 11.6 Å². The van der Waals surface area contributed by atoms with E-state index in [1.807, 2.05) is 39.8 Å². The number of aromatic amines is 1. The third kappa shape index (κ3) is 4.94. The Kier molecular flexibility index (Phi) is 5.81. The second-order valence-corrected chi connectivity index (χ2v) is 8.56. The van der Waals surface area contributed by atoms with Crippen molar-refractivity contribution < 1.29 is 9.53 Å². The van der Waals surface area contributed by atoms with E-state index in [1.54, 1.807) is 11.0 Å². The first kappa shape index (κ1) is 20.4. The highest BCUT2D eigenvalue weighted by atomic mass is 35.5. The van der Waals surface area contributed by atoms with Crippen molar-refractivity contribution in [2.75, 3.05) is 17.2 Å². The molecule has 0 spiro atoms. The van der Waals surface area contributed by atoms with Gasteiger partial charge >= 0.3 is 6.09 Å². The van der Waals surface area contributed by atoms with Crippen LogP contribution in [0.25, 0.3) is 0 Å². The van der Waals surface area contributed by atoms with Crippen molar-refractivity contribution >= 4 is 46.5 Å². The van der Waals surface area contributed by atoms with Crippen LogP contribution in [0.4, 0.5) is 16.3 Å². The summed E-state index contributed by atoms with van der Waals surface area (Å²) in [6.45, 7) is 8.51. The monoisotopic (exact) mass is 421 g/mol. The molecule has 2 heterocycles. The number of aryl methyl sites for hydroxylation is 1. The number of halogens is 1. The number of aromatic nitrogens is 2. The number of carbonyl (C=O) groups is 1. The molecule has 0 atom stereocenters. The van der Waals surface area contributed by atoms with Gasteiger partial charge in [-0.15, -0.1) is 0 Å². The zero-order valence-corrected chi connectivity index (χ0v) is 17.9. The third-order valence-corrected chi connectivity index (χ3v) is 4.69. The summed E-state index contributed by atoms with van der Waals surface area (Å²) in [5.41, 5.74) is 3.26. The van der Waals surface area contributed by atoms with Crippen LogP contribution in [0, 0.1) is 6.92 Å². The van der Waals surface area contributed by atoms with E-state index in [4.69, 9.17) is 28.6 Å². The first-order chi connectivity index (χ1) is 13.1. The number of nitrogens with one attached hydrogen (secondary N) is 3. The Balaban J connectivity index is 1.64. The van der Waals surface area contributed by atoms with Crippen LogP contribution in [0.15, 0.2) is 18.2 Å². The highest BCUT2D eigenvalue weighted by Gasteiger charge is 2.28. The number of hydrogen-bond donors (Lipinski definition) is 3. The fraction of sp³-hybridized carbons (Fsp3) is 0.421. The highest BCUT2D eigenvalue weighted by Crippen LogP contribution is 2.25. The number of hydrogen-bond acceptors (Lipinski definition) is 4. The van der Waals surface area contributed by atoms with E-state index in [0.29, 0.717) is 35.5 Å². The van der Waals surface area contributed by atoms with Gasteiger partial charge in [-0.05, 0) is 70.1 Å². The van der Waals surface area contributed by atoms with Crippen molar-refractivity contribution in [2.45, 2.75) is 46.3 Å². The molecule has 1 aliphatic rings. The van der Waals surface area contributed by atoms with Crippen molar-refractivity contribution in [3.05, 3.63) is 40.0 Å². The highest BCUT2D eigenvalue weighted by molar-refractivity contribution is 7.80. The maximum atomic E-state index is 12.3. The zero-order valence-electron chi connectivity index (χ0n) is 16.4. The van der Waals surface area contributed by atoms with Gasteiger partial charge in [0.15, 0.2) is 10.9 Å². The van der Waals surface area contributed by atoms with Gasteiger partial charge in [-0.25, -0.2) is 4.79 Å². The molecule has 0 aliphatic carbocycles. The van der Waals surface area contributed by atoms with Crippen LogP contribution in [0.2, 0.25) is 5.02 Å². The molecule has 1 aromatic carbocycles. The summed E-state index contributed by atoms with van der Waals surface area (Å²) < 4.78 is 5.45. The number of thiocarbonyl (C=S) groups is 1. The third-order valence-electron chi connectivity index (χ3n) is 4.25. The molecule has 1 aromatic heterocycles. The van der Waals surface area contributed by atoms with Crippen LogP contribution >= 0.6 is 23.8 Å². The molecule has 0 radical (unpaired) electrons. The quantitative estimate of drug-likeness (QED) is 0.620. The van der Waals surface area contributed by atoms with Crippen LogP contribution in [-0.4, -0.2) is 38.4 Å². The van der Waals surface area contributed by atoms with Gasteiger partial charge < -0.3 is 20.3 Å². The molecule has 150 valence electrons. The number of nitrogens with zero attached hydrogens (tertiary/aromatic N) is 2. The van der Waals surface area contributed by atoms with Gasteiger partial charge in [0.25, 0.3) is 0 Å². The van der Waals surface area contributed by atoms with E-state index in [-0.39, 0.29) is 6.09 Å². The van der Waals surface area contributed by atoms with E-state index < -0.39 is 5.60 Å². The van der Waals surface area contributed by atoms with Gasteiger partial charge in [0.1, 0.15) is 5.60 Å². The van der Waals surface area contributed by atoms with E-state index >= 15 is 0 Å². The van der Waals surface area contributed by atoms with Crippen LogP contribution in [-0.2, 0) is 17.7 Å². The minimum absolute atomic E-state index is 0.322. The fourth-order valence-electron chi connectivity index (χ4n) is 2.93. The molecule has 9 heteroatoms. The van der Waals surface area contributed by atoms with Gasteiger partial charge in [0, 0.05) is 22.8 Å². The number of benzene rings is 1. The Hall–Kier alpha value is -2.32. The van der Waals surface area contributed by atoms with Gasteiger partial charge in [-0.2, -0.15) is 5.10 Å². The average molecular weight is 422 g/mol. The smallest absolute Gasteiger partial charge is 0.410 e. The zero-order chi connectivity index (χ0) is 20.5. The maximum Gasteiger partial charge on any atom is 0.410 e. The molecule has 0 bridgehead atoms. The fourth-order valence-corrected chi connectivity index (χ4v) is 3.37. The number of anilines is 2. The minimum atomic E-state index is -0.518. The van der Waals surface area contributed by atoms with E-state index in [9.17, 15) is 4.79 Å². The standard InChI is InChI=1S/C19H24ClN5O2S/c1-11-9-12(20)5-6-14(11)21-17(28)22-16-13-7-8-25(10-15(13)23-24-16)18(26)27-19(2,3)4/h5-6,9H,7-8,10H2,1-4H3,(H3,21,22,23,24,28). The first-order valence-corrected chi connectivity index (χ1v) is 9.79. The van der Waals surface area contributed by atoms with Crippen molar-refractivity contribution in [3.8, 4) is 0 Å². The molecule has 3 rings (SSSR count).